The van der Waals surface area contributed by atoms with Gasteiger partial charge in [-0.3, -0.25) is 0 Å². The van der Waals surface area contributed by atoms with Gasteiger partial charge < -0.3 is 9.57 Å². The second kappa shape index (κ2) is 8.71. The zero-order valence-corrected chi connectivity index (χ0v) is 15.1. The lowest BCUT2D eigenvalue weighted by molar-refractivity contribution is 0.0123. The lowest BCUT2D eigenvalue weighted by atomic mass is 9.95. The molecule has 0 radical (unpaired) electrons. The molecule has 21 heavy (non-hydrogen) atoms. The minimum Gasteiger partial charge on any atom is -0.496 e. The fourth-order valence-electron chi connectivity index (χ4n) is 2.24. The van der Waals surface area contributed by atoms with Gasteiger partial charge in [-0.05, 0) is 51.0 Å². The van der Waals surface area contributed by atoms with Crippen molar-refractivity contribution in [3.63, 3.8) is 0 Å². The summed E-state index contributed by atoms with van der Waals surface area (Å²) in [6, 6.07) is 4.21. The van der Waals surface area contributed by atoms with Crippen LogP contribution in [0.25, 0.3) is 0 Å². The van der Waals surface area contributed by atoms with Crippen LogP contribution in [0.3, 0.4) is 0 Å². The van der Waals surface area contributed by atoms with E-state index in [-0.39, 0.29) is 5.60 Å². The van der Waals surface area contributed by atoms with E-state index in [9.17, 15) is 0 Å². The highest BCUT2D eigenvalue weighted by Gasteiger charge is 2.29. The van der Waals surface area contributed by atoms with Crippen LogP contribution in [0.15, 0.2) is 17.3 Å². The number of hydrogen-bond donors (Lipinski definition) is 0. The molecular weight excluding hydrogens is 262 g/mol. The summed E-state index contributed by atoms with van der Waals surface area (Å²) < 4.78 is 5.36. The molecule has 0 atom stereocenters. The molecule has 120 valence electrons. The maximum atomic E-state index is 5.40. The van der Waals surface area contributed by atoms with Gasteiger partial charge in [-0.25, -0.2) is 0 Å². The number of oxime groups is 1. The average Bonchev–Trinajstić information content (AvgIpc) is 2.83. The van der Waals surface area contributed by atoms with Gasteiger partial charge in [0.1, 0.15) is 11.4 Å². The Balaban J connectivity index is 0.000000921. The first kappa shape index (κ1) is 19.5. The van der Waals surface area contributed by atoms with Gasteiger partial charge in [-0.2, -0.15) is 0 Å². The Labute approximate surface area is 130 Å². The van der Waals surface area contributed by atoms with Crippen LogP contribution in [0, 0.1) is 13.8 Å². The number of benzene rings is 1. The summed E-state index contributed by atoms with van der Waals surface area (Å²) in [4.78, 5) is 5.40. The van der Waals surface area contributed by atoms with Crippen LogP contribution in [0.4, 0.5) is 0 Å². The molecule has 3 nitrogen and oxygen atoms in total. The third kappa shape index (κ3) is 5.07. The number of aryl methyl sites for hydroxylation is 2. The van der Waals surface area contributed by atoms with Crippen molar-refractivity contribution in [2.75, 3.05) is 7.11 Å². The second-order valence-electron chi connectivity index (χ2n) is 5.21. The summed E-state index contributed by atoms with van der Waals surface area (Å²) in [7, 11) is 1.70. The van der Waals surface area contributed by atoms with Gasteiger partial charge in [0.2, 0.25) is 0 Å². The topological polar surface area (TPSA) is 30.8 Å². The molecule has 1 aliphatic heterocycles. The predicted molar refractivity (Wildman–Crippen MR) is 91.5 cm³/mol. The third-order valence-electron chi connectivity index (χ3n) is 2.99. The van der Waals surface area contributed by atoms with Crippen LogP contribution in [-0.4, -0.2) is 18.4 Å². The number of hydrogen-bond acceptors (Lipinski definition) is 3. The lowest BCUT2D eigenvalue weighted by Crippen LogP contribution is -2.19. The quantitative estimate of drug-likeness (QED) is 0.744. The molecule has 0 N–H and O–H groups in total. The van der Waals surface area contributed by atoms with Gasteiger partial charge >= 0.3 is 0 Å². The lowest BCUT2D eigenvalue weighted by Gasteiger charge is -2.14. The molecular formula is C18H31NO2. The van der Waals surface area contributed by atoms with E-state index in [1.54, 1.807) is 7.11 Å². The summed E-state index contributed by atoms with van der Waals surface area (Å²) in [5, 5.41) is 4.17. The van der Waals surface area contributed by atoms with Crippen molar-refractivity contribution >= 4 is 5.71 Å². The monoisotopic (exact) mass is 293 g/mol. The Morgan fingerprint density at radius 2 is 1.52 bits per heavy atom. The Morgan fingerprint density at radius 3 is 1.86 bits per heavy atom. The standard InChI is InChI=1S/C14H19NO2.2C2H6/c1-9-6-11(7-10(2)13(9)16-5)12-8-14(3,4)17-15-12;2*1-2/h6-7H,8H2,1-5H3;2*1-2H3. The fraction of sp³-hybridized carbons (Fsp3) is 0.611. The molecule has 0 fully saturated rings. The Hall–Kier alpha value is -1.51. The average molecular weight is 293 g/mol. The Kier molecular flexibility index (Phi) is 8.08. The predicted octanol–water partition coefficient (Wildman–Crippen LogP) is 5.27. The largest absolute Gasteiger partial charge is 0.496 e. The molecule has 1 aromatic carbocycles. The highest BCUT2D eigenvalue weighted by Crippen LogP contribution is 2.29. The zero-order valence-electron chi connectivity index (χ0n) is 15.1. The molecule has 0 aromatic heterocycles. The van der Waals surface area contributed by atoms with Crippen molar-refractivity contribution < 1.29 is 9.57 Å². The van der Waals surface area contributed by atoms with Crippen LogP contribution >= 0.6 is 0 Å². The van der Waals surface area contributed by atoms with E-state index in [1.165, 1.54) is 0 Å². The fourth-order valence-corrected chi connectivity index (χ4v) is 2.24. The molecule has 3 heteroatoms. The van der Waals surface area contributed by atoms with E-state index in [0.717, 1.165) is 34.6 Å². The van der Waals surface area contributed by atoms with Gasteiger partial charge in [0.25, 0.3) is 0 Å². The number of nitrogens with zero attached hydrogens (tertiary/aromatic N) is 1. The first-order chi connectivity index (χ1) is 9.93. The molecule has 1 aliphatic rings. The van der Waals surface area contributed by atoms with Crippen molar-refractivity contribution in [3.05, 3.63) is 28.8 Å². The molecule has 0 amide bonds. The van der Waals surface area contributed by atoms with E-state index in [0.29, 0.717) is 0 Å². The van der Waals surface area contributed by atoms with Crippen molar-refractivity contribution in [1.29, 1.82) is 0 Å². The summed E-state index contributed by atoms with van der Waals surface area (Å²) in [5.74, 6) is 0.951. The van der Waals surface area contributed by atoms with Crippen LogP contribution in [0.2, 0.25) is 0 Å². The van der Waals surface area contributed by atoms with Crippen molar-refractivity contribution in [1.82, 2.24) is 0 Å². The van der Waals surface area contributed by atoms with E-state index in [2.05, 4.69) is 31.1 Å². The van der Waals surface area contributed by atoms with E-state index in [4.69, 9.17) is 9.57 Å². The molecule has 0 aliphatic carbocycles. The zero-order chi connectivity index (χ0) is 16.6. The van der Waals surface area contributed by atoms with Crippen LogP contribution in [-0.2, 0) is 4.84 Å². The smallest absolute Gasteiger partial charge is 0.137 e. The molecule has 0 spiro atoms. The summed E-state index contributed by atoms with van der Waals surface area (Å²) >= 11 is 0. The number of ether oxygens (including phenoxy) is 1. The second-order valence-corrected chi connectivity index (χ2v) is 5.21. The molecule has 0 saturated heterocycles. The molecule has 1 heterocycles. The van der Waals surface area contributed by atoms with Gasteiger partial charge in [0, 0.05) is 12.0 Å². The van der Waals surface area contributed by atoms with Gasteiger partial charge in [0.05, 0.1) is 12.8 Å². The SMILES string of the molecule is CC.CC.COc1c(C)cc(C2=NOC(C)(C)C2)cc1C. The minimum absolute atomic E-state index is 0.183. The highest BCUT2D eigenvalue weighted by molar-refractivity contribution is 6.02. The van der Waals surface area contributed by atoms with Crippen molar-refractivity contribution in [2.24, 2.45) is 5.16 Å². The molecule has 0 bridgehead atoms. The summed E-state index contributed by atoms with van der Waals surface area (Å²) in [6.45, 7) is 16.2. The van der Waals surface area contributed by atoms with Crippen LogP contribution in [0.5, 0.6) is 5.75 Å². The molecule has 0 saturated carbocycles. The van der Waals surface area contributed by atoms with E-state index < -0.39 is 0 Å². The van der Waals surface area contributed by atoms with Crippen molar-refractivity contribution in [3.8, 4) is 5.75 Å². The minimum atomic E-state index is -0.183. The maximum absolute atomic E-state index is 5.40. The van der Waals surface area contributed by atoms with Crippen molar-refractivity contribution in [2.45, 2.75) is 67.4 Å². The highest BCUT2D eigenvalue weighted by atomic mass is 16.7. The summed E-state index contributed by atoms with van der Waals surface area (Å²) in [6.07, 6.45) is 0.845. The van der Waals surface area contributed by atoms with E-state index in [1.807, 2.05) is 41.5 Å². The van der Waals surface area contributed by atoms with Gasteiger partial charge in [0.15, 0.2) is 0 Å². The number of methoxy groups -OCH3 is 1. The third-order valence-corrected chi connectivity index (χ3v) is 2.99. The van der Waals surface area contributed by atoms with Crippen LogP contribution < -0.4 is 4.74 Å². The molecule has 1 aromatic rings. The molecule has 2 rings (SSSR count). The Morgan fingerprint density at radius 1 is 1.05 bits per heavy atom. The molecule has 0 unspecified atom stereocenters. The van der Waals surface area contributed by atoms with Gasteiger partial charge in [-0.15, -0.1) is 0 Å². The van der Waals surface area contributed by atoms with Gasteiger partial charge in [-0.1, -0.05) is 32.9 Å². The van der Waals surface area contributed by atoms with E-state index >= 15 is 0 Å². The normalized spacial score (nSPS) is 14.8. The summed E-state index contributed by atoms with van der Waals surface area (Å²) in [5.41, 5.74) is 4.23. The van der Waals surface area contributed by atoms with Crippen LogP contribution in [0.1, 0.15) is 64.7 Å². The number of rotatable bonds is 2. The first-order valence-corrected chi connectivity index (χ1v) is 7.83. The first-order valence-electron chi connectivity index (χ1n) is 7.83. The Bertz CT molecular complexity index is 453. The maximum Gasteiger partial charge on any atom is 0.137 e.